The molecule has 1 aliphatic heterocycles. The molecular formula is C30H39N5O7. The van der Waals surface area contributed by atoms with Crippen LogP contribution in [0.1, 0.15) is 44.1 Å². The van der Waals surface area contributed by atoms with Crippen LogP contribution in [0.4, 0.5) is 10.6 Å². The van der Waals surface area contributed by atoms with Gasteiger partial charge >= 0.3 is 12.1 Å². The van der Waals surface area contributed by atoms with Gasteiger partial charge in [-0.05, 0) is 42.9 Å². The number of ether oxygens (including phenoxy) is 2. The largest absolute Gasteiger partial charge is 0.480 e. The highest BCUT2D eigenvalue weighted by molar-refractivity contribution is 5.85. The second kappa shape index (κ2) is 15.7. The Morgan fingerprint density at radius 2 is 1.79 bits per heavy atom. The van der Waals surface area contributed by atoms with Gasteiger partial charge in [-0.2, -0.15) is 0 Å². The predicted octanol–water partition coefficient (Wildman–Crippen LogP) is 2.56. The summed E-state index contributed by atoms with van der Waals surface area (Å²) in [5, 5.41) is 17.8. The first-order valence-corrected chi connectivity index (χ1v) is 14.4. The van der Waals surface area contributed by atoms with Crippen molar-refractivity contribution < 1.29 is 33.8 Å². The van der Waals surface area contributed by atoms with Gasteiger partial charge in [0.25, 0.3) is 0 Å². The minimum atomic E-state index is -1.23. The Morgan fingerprint density at radius 1 is 1.02 bits per heavy atom. The van der Waals surface area contributed by atoms with E-state index in [0.29, 0.717) is 25.2 Å². The van der Waals surface area contributed by atoms with Crippen molar-refractivity contribution in [2.75, 3.05) is 31.6 Å². The zero-order valence-corrected chi connectivity index (χ0v) is 23.6. The molecule has 12 nitrogen and oxygen atoms in total. The van der Waals surface area contributed by atoms with Crippen LogP contribution in [0.3, 0.4) is 0 Å². The van der Waals surface area contributed by atoms with Crippen LogP contribution in [0.2, 0.25) is 0 Å². The maximum absolute atomic E-state index is 13.0. The number of carbonyl (C=O) groups is 4. The molecule has 12 heteroatoms. The second-order valence-electron chi connectivity index (χ2n) is 10.7. The Bertz CT molecular complexity index is 1180. The van der Waals surface area contributed by atoms with Crippen molar-refractivity contribution in [3.8, 4) is 0 Å². The van der Waals surface area contributed by atoms with Gasteiger partial charge in [0, 0.05) is 25.7 Å². The third-order valence-electron chi connectivity index (χ3n) is 7.54. The summed E-state index contributed by atoms with van der Waals surface area (Å²) in [6.45, 7) is 0.189. The van der Waals surface area contributed by atoms with E-state index in [1.165, 1.54) is 0 Å². The Balaban J connectivity index is 1.25. The average molecular weight is 582 g/mol. The lowest BCUT2D eigenvalue weighted by molar-refractivity contribution is -0.142. The zero-order valence-electron chi connectivity index (χ0n) is 23.6. The van der Waals surface area contributed by atoms with Gasteiger partial charge in [0.1, 0.15) is 25.1 Å². The van der Waals surface area contributed by atoms with Crippen molar-refractivity contribution in [3.63, 3.8) is 0 Å². The van der Waals surface area contributed by atoms with Gasteiger partial charge in [-0.3, -0.25) is 9.59 Å². The molecule has 3 unspecified atom stereocenters. The van der Waals surface area contributed by atoms with Gasteiger partial charge in [-0.1, -0.05) is 49.2 Å². The van der Waals surface area contributed by atoms with E-state index < -0.39 is 30.1 Å². The number of hydrogen-bond acceptors (Lipinski definition) is 8. The van der Waals surface area contributed by atoms with Crippen LogP contribution < -0.4 is 16.0 Å². The number of carboxylic acids is 1. The number of hydrogen-bond donors (Lipinski definition) is 4. The van der Waals surface area contributed by atoms with Crippen LogP contribution in [0.5, 0.6) is 0 Å². The molecule has 0 spiro atoms. The number of anilines is 1. The summed E-state index contributed by atoms with van der Waals surface area (Å²) < 4.78 is 11.4. The number of aromatic nitrogens is 1. The van der Waals surface area contributed by atoms with Gasteiger partial charge < -0.3 is 35.4 Å². The summed E-state index contributed by atoms with van der Waals surface area (Å²) in [5.41, 5.74) is 0.868. The maximum atomic E-state index is 13.0. The molecule has 2 fully saturated rings. The van der Waals surface area contributed by atoms with Gasteiger partial charge in [-0.15, -0.1) is 0 Å². The molecule has 1 aromatic heterocycles. The van der Waals surface area contributed by atoms with E-state index in [1.807, 2.05) is 48.5 Å². The Hall–Kier alpha value is -4.19. The predicted molar refractivity (Wildman–Crippen MR) is 153 cm³/mol. The van der Waals surface area contributed by atoms with E-state index in [0.717, 1.165) is 31.2 Å². The third kappa shape index (κ3) is 9.72. The fraction of sp³-hybridized carbons (Fsp3) is 0.500. The number of aliphatic carboxylic acids is 1. The summed E-state index contributed by atoms with van der Waals surface area (Å²) in [6.07, 6.45) is 5.63. The highest BCUT2D eigenvalue weighted by atomic mass is 16.6. The number of carboxylic acid groups (broad SMARTS) is 1. The fourth-order valence-corrected chi connectivity index (χ4v) is 5.29. The molecule has 4 N–H and O–H groups in total. The summed E-state index contributed by atoms with van der Waals surface area (Å²) in [4.78, 5) is 55.3. The topological polar surface area (TPSA) is 159 Å². The highest BCUT2D eigenvalue weighted by Crippen LogP contribution is 2.27. The van der Waals surface area contributed by atoms with Crippen molar-refractivity contribution in [2.24, 2.45) is 5.92 Å². The molecular weight excluding hydrogens is 542 g/mol. The Labute approximate surface area is 245 Å². The lowest BCUT2D eigenvalue weighted by Crippen LogP contribution is -2.49. The molecule has 226 valence electrons. The minimum Gasteiger partial charge on any atom is -0.480 e. The SMILES string of the molecule is O=C(COC1CC(CNc2ccccn2)N(C(=O)OCc2ccccc2)C1)NCC(NC(=O)CC1CCCC1)C(=O)O. The molecule has 0 bridgehead atoms. The first kappa shape index (κ1) is 30.8. The summed E-state index contributed by atoms with van der Waals surface area (Å²) in [7, 11) is 0. The summed E-state index contributed by atoms with van der Waals surface area (Å²) >= 11 is 0. The standard InChI is InChI=1S/C30H39N5O7/c36-27(14-21-8-4-5-9-21)34-25(29(38)39)17-33-28(37)20-41-24-15-23(16-32-26-12-6-7-13-31-26)35(18-24)30(40)42-19-22-10-2-1-3-11-22/h1-3,6-7,10-13,21,23-25H,4-5,8-9,14-20H2,(H,31,32)(H,33,37)(H,34,36)(H,38,39). The number of benzene rings is 1. The van der Waals surface area contributed by atoms with Gasteiger partial charge in [0.05, 0.1) is 18.7 Å². The maximum Gasteiger partial charge on any atom is 0.410 e. The quantitative estimate of drug-likeness (QED) is 0.263. The normalized spacial score (nSPS) is 19.2. The molecule has 2 aliphatic rings. The van der Waals surface area contributed by atoms with Crippen molar-refractivity contribution in [1.29, 1.82) is 0 Å². The minimum absolute atomic E-state index is 0.131. The summed E-state index contributed by atoms with van der Waals surface area (Å²) in [6, 6.07) is 13.4. The molecule has 42 heavy (non-hydrogen) atoms. The first-order valence-electron chi connectivity index (χ1n) is 14.4. The van der Waals surface area contributed by atoms with E-state index >= 15 is 0 Å². The van der Waals surface area contributed by atoms with E-state index in [1.54, 1.807) is 11.1 Å². The third-order valence-corrected chi connectivity index (χ3v) is 7.54. The monoisotopic (exact) mass is 581 g/mol. The lowest BCUT2D eigenvalue weighted by Gasteiger charge is -2.24. The van der Waals surface area contributed by atoms with Crippen LogP contribution >= 0.6 is 0 Å². The molecule has 1 saturated heterocycles. The summed E-state index contributed by atoms with van der Waals surface area (Å²) in [5.74, 6) is -1.11. The number of pyridine rings is 1. The molecule has 3 amide bonds. The van der Waals surface area contributed by atoms with Crippen molar-refractivity contribution in [2.45, 2.75) is 63.3 Å². The molecule has 4 rings (SSSR count). The second-order valence-corrected chi connectivity index (χ2v) is 10.7. The van der Waals surface area contributed by atoms with Crippen molar-refractivity contribution in [1.82, 2.24) is 20.5 Å². The molecule has 0 radical (unpaired) electrons. The first-order chi connectivity index (χ1) is 20.4. The molecule has 2 aromatic rings. The Morgan fingerprint density at radius 3 is 2.50 bits per heavy atom. The van der Waals surface area contributed by atoms with Crippen LogP contribution in [0.15, 0.2) is 54.7 Å². The molecule has 1 saturated carbocycles. The van der Waals surface area contributed by atoms with E-state index in [-0.39, 0.29) is 44.2 Å². The van der Waals surface area contributed by atoms with Crippen LogP contribution in [0, 0.1) is 5.92 Å². The number of likely N-dealkylation sites (tertiary alicyclic amines) is 1. The van der Waals surface area contributed by atoms with E-state index in [9.17, 15) is 24.3 Å². The lowest BCUT2D eigenvalue weighted by atomic mass is 10.0. The van der Waals surface area contributed by atoms with E-state index in [2.05, 4.69) is 20.9 Å². The molecule has 2 heterocycles. The van der Waals surface area contributed by atoms with Gasteiger partial charge in [0.15, 0.2) is 0 Å². The highest BCUT2D eigenvalue weighted by Gasteiger charge is 2.37. The van der Waals surface area contributed by atoms with Crippen LogP contribution in [0.25, 0.3) is 0 Å². The molecule has 1 aliphatic carbocycles. The smallest absolute Gasteiger partial charge is 0.410 e. The van der Waals surface area contributed by atoms with Crippen molar-refractivity contribution >= 4 is 29.7 Å². The molecule has 3 atom stereocenters. The van der Waals surface area contributed by atoms with Gasteiger partial charge in [-0.25, -0.2) is 14.6 Å². The number of carbonyl (C=O) groups excluding carboxylic acids is 3. The fourth-order valence-electron chi connectivity index (χ4n) is 5.29. The van der Waals surface area contributed by atoms with Crippen LogP contribution in [-0.4, -0.2) is 83.3 Å². The number of amides is 3. The van der Waals surface area contributed by atoms with Crippen molar-refractivity contribution in [3.05, 3.63) is 60.3 Å². The Kier molecular flexibility index (Phi) is 11.5. The number of nitrogens with zero attached hydrogens (tertiary/aromatic N) is 2. The average Bonchev–Trinajstić information content (AvgIpc) is 3.66. The molecule has 1 aromatic carbocycles. The number of nitrogens with one attached hydrogen (secondary N) is 3. The van der Waals surface area contributed by atoms with E-state index in [4.69, 9.17) is 9.47 Å². The van der Waals surface area contributed by atoms with Crippen LogP contribution in [-0.2, 0) is 30.5 Å². The zero-order chi connectivity index (χ0) is 29.7. The van der Waals surface area contributed by atoms with Gasteiger partial charge in [0.2, 0.25) is 11.8 Å². The number of rotatable bonds is 14.